The van der Waals surface area contributed by atoms with Crippen molar-refractivity contribution in [2.45, 2.75) is 0 Å². The van der Waals surface area contributed by atoms with Crippen LogP contribution in [0.5, 0.6) is 5.75 Å². The van der Waals surface area contributed by atoms with E-state index in [-0.39, 0.29) is 6.61 Å². The van der Waals surface area contributed by atoms with Crippen molar-refractivity contribution in [2.24, 2.45) is 0 Å². The van der Waals surface area contributed by atoms with E-state index in [1.165, 1.54) is 0 Å². The summed E-state index contributed by atoms with van der Waals surface area (Å²) in [5.74, 6) is 0.843. The zero-order valence-corrected chi connectivity index (χ0v) is 23.9. The van der Waals surface area contributed by atoms with Gasteiger partial charge in [-0.2, -0.15) is 0 Å². The average Bonchev–Trinajstić information content (AvgIpc) is 2.98. The van der Waals surface area contributed by atoms with Crippen LogP contribution in [0.15, 0.2) is 30.3 Å². The van der Waals surface area contributed by atoms with Crippen molar-refractivity contribution in [3.05, 3.63) is 30.3 Å². The summed E-state index contributed by atoms with van der Waals surface area (Å²) >= 11 is 0. The minimum atomic E-state index is 0.0267. The Hall–Kier alpha value is -1.42. The fourth-order valence-corrected chi connectivity index (χ4v) is 2.88. The van der Waals surface area contributed by atoms with Gasteiger partial charge >= 0.3 is 0 Å². The highest BCUT2D eigenvalue weighted by Gasteiger charge is 1.96. The van der Waals surface area contributed by atoms with E-state index in [4.69, 9.17) is 57.2 Å². The van der Waals surface area contributed by atoms with Crippen LogP contribution in [0.1, 0.15) is 0 Å². The lowest BCUT2D eigenvalue weighted by molar-refractivity contribution is -0.0270. The van der Waals surface area contributed by atoms with E-state index in [0.29, 0.717) is 139 Å². The van der Waals surface area contributed by atoms with Crippen LogP contribution in [-0.4, -0.2) is 150 Å². The minimum absolute atomic E-state index is 0.0267. The fraction of sp³-hybridized carbons (Fsp3) is 0.786. The topological polar surface area (TPSA) is 122 Å². The highest BCUT2D eigenvalue weighted by molar-refractivity contribution is 5.20. The number of rotatable bonds is 33. The molecule has 0 heterocycles. The van der Waals surface area contributed by atoms with Crippen LogP contribution >= 0.6 is 0 Å². The first-order valence-electron chi connectivity index (χ1n) is 14.0. The Kier molecular flexibility index (Phi) is 29.4. The zero-order chi connectivity index (χ0) is 28.4. The average molecular weight is 579 g/mol. The van der Waals surface area contributed by atoms with E-state index in [1.54, 1.807) is 0 Å². The molecule has 0 saturated heterocycles. The van der Waals surface area contributed by atoms with Gasteiger partial charge in [-0.3, -0.25) is 0 Å². The summed E-state index contributed by atoms with van der Waals surface area (Å²) in [6.45, 7) is 10.6. The van der Waals surface area contributed by atoms with Gasteiger partial charge in [0.05, 0.1) is 139 Å². The first-order valence-corrected chi connectivity index (χ1v) is 14.0. The van der Waals surface area contributed by atoms with Crippen LogP contribution in [-0.2, 0) is 47.4 Å². The molecule has 0 spiro atoms. The van der Waals surface area contributed by atoms with E-state index in [0.717, 1.165) is 5.75 Å². The van der Waals surface area contributed by atoms with E-state index < -0.39 is 0 Å². The fourth-order valence-electron chi connectivity index (χ4n) is 2.88. The molecule has 1 aromatic rings. The summed E-state index contributed by atoms with van der Waals surface area (Å²) in [7, 11) is 0. The third-order valence-electron chi connectivity index (χ3n) is 4.82. The lowest BCUT2D eigenvalue weighted by Gasteiger charge is -2.09. The lowest BCUT2D eigenvalue weighted by Crippen LogP contribution is -2.15. The Bertz CT molecular complexity index is 596. The third kappa shape index (κ3) is 28.1. The molecule has 0 aliphatic heterocycles. The van der Waals surface area contributed by atoms with E-state index in [9.17, 15) is 0 Å². The maximum absolute atomic E-state index is 8.57. The van der Waals surface area contributed by atoms with Crippen LogP contribution in [0.4, 0.5) is 0 Å². The molecule has 40 heavy (non-hydrogen) atoms. The van der Waals surface area contributed by atoms with Gasteiger partial charge in [0, 0.05) is 0 Å². The summed E-state index contributed by atoms with van der Waals surface area (Å²) in [6, 6.07) is 9.66. The third-order valence-corrected chi connectivity index (χ3v) is 4.82. The molecular weight excluding hydrogens is 528 g/mol. The first kappa shape index (κ1) is 36.6. The highest BCUT2D eigenvalue weighted by atomic mass is 16.6. The molecule has 0 unspecified atom stereocenters. The Labute approximate surface area is 239 Å². The Morgan fingerprint density at radius 3 is 0.850 bits per heavy atom. The second kappa shape index (κ2) is 32.1. The van der Waals surface area contributed by atoms with Gasteiger partial charge in [0.2, 0.25) is 0 Å². The summed E-state index contributed by atoms with van der Waals surface area (Å²) in [5.41, 5.74) is 0. The van der Waals surface area contributed by atoms with Crippen molar-refractivity contribution in [1.82, 2.24) is 0 Å². The van der Waals surface area contributed by atoms with Gasteiger partial charge in [-0.15, -0.1) is 0 Å². The summed E-state index contributed by atoms with van der Waals surface area (Å²) in [6.07, 6.45) is 0. The van der Waals surface area contributed by atoms with Gasteiger partial charge in [0.25, 0.3) is 0 Å². The van der Waals surface area contributed by atoms with E-state index in [2.05, 4.69) is 0 Å². The van der Waals surface area contributed by atoms with Gasteiger partial charge in [-0.1, -0.05) is 18.2 Å². The maximum atomic E-state index is 8.57. The molecule has 12 nitrogen and oxygen atoms in total. The highest BCUT2D eigenvalue weighted by Crippen LogP contribution is 2.07. The van der Waals surface area contributed by atoms with Crippen molar-refractivity contribution in [3.63, 3.8) is 0 Å². The van der Waals surface area contributed by atoms with Crippen LogP contribution in [0, 0.1) is 0 Å². The number of aliphatic hydroxyl groups is 1. The molecule has 0 amide bonds. The molecule has 0 aliphatic carbocycles. The van der Waals surface area contributed by atoms with Crippen molar-refractivity contribution in [3.8, 4) is 5.75 Å². The number of hydrogen-bond acceptors (Lipinski definition) is 12. The van der Waals surface area contributed by atoms with Gasteiger partial charge in [0.1, 0.15) is 12.4 Å². The van der Waals surface area contributed by atoms with Crippen LogP contribution in [0.25, 0.3) is 0 Å². The molecule has 234 valence electrons. The number of hydrogen-bond donors (Lipinski definition) is 1. The van der Waals surface area contributed by atoms with Crippen molar-refractivity contribution in [1.29, 1.82) is 0 Å². The normalized spacial score (nSPS) is 11.3. The van der Waals surface area contributed by atoms with E-state index in [1.807, 2.05) is 30.3 Å². The Morgan fingerprint density at radius 1 is 0.325 bits per heavy atom. The maximum Gasteiger partial charge on any atom is 0.119 e. The molecular formula is C28H50O12. The second-order valence-electron chi connectivity index (χ2n) is 8.01. The Morgan fingerprint density at radius 2 is 0.575 bits per heavy atom. The monoisotopic (exact) mass is 578 g/mol. The molecule has 12 heteroatoms. The Balaban J connectivity index is 1.62. The molecule has 1 rings (SSSR count). The predicted octanol–water partition coefficient (Wildman–Crippen LogP) is 1.22. The van der Waals surface area contributed by atoms with Crippen LogP contribution in [0.3, 0.4) is 0 Å². The number of ether oxygens (including phenoxy) is 11. The molecule has 0 saturated carbocycles. The number of benzene rings is 1. The molecule has 1 aromatic carbocycles. The SMILES string of the molecule is OCCOCCOCCOCCOCCOCCOCCOCCOCCOCCOCCOc1ccccc1. The second-order valence-corrected chi connectivity index (χ2v) is 8.01. The molecule has 0 bridgehead atoms. The summed E-state index contributed by atoms with van der Waals surface area (Å²) < 4.78 is 59.5. The quantitative estimate of drug-likeness (QED) is 0.121. The standard InChI is InChI=1S/C28H50O12/c29-6-7-30-8-9-31-10-11-32-12-13-33-14-15-34-16-17-35-18-19-36-20-21-37-22-23-38-24-25-39-26-27-40-28-4-2-1-3-5-28/h1-5,29H,6-27H2. The summed E-state index contributed by atoms with van der Waals surface area (Å²) in [5, 5.41) is 8.57. The molecule has 1 N–H and O–H groups in total. The molecule has 0 radical (unpaired) electrons. The van der Waals surface area contributed by atoms with Gasteiger partial charge in [-0.25, -0.2) is 0 Å². The minimum Gasteiger partial charge on any atom is -0.491 e. The number of para-hydroxylation sites is 1. The largest absolute Gasteiger partial charge is 0.491 e. The predicted molar refractivity (Wildman–Crippen MR) is 147 cm³/mol. The first-order chi connectivity index (χ1) is 19.9. The van der Waals surface area contributed by atoms with Crippen LogP contribution in [0.2, 0.25) is 0 Å². The lowest BCUT2D eigenvalue weighted by atomic mass is 10.3. The molecule has 0 fully saturated rings. The van der Waals surface area contributed by atoms with Gasteiger partial charge < -0.3 is 57.2 Å². The van der Waals surface area contributed by atoms with E-state index >= 15 is 0 Å². The van der Waals surface area contributed by atoms with Crippen molar-refractivity contribution >= 4 is 0 Å². The zero-order valence-electron chi connectivity index (χ0n) is 23.9. The molecule has 0 aromatic heterocycles. The van der Waals surface area contributed by atoms with Gasteiger partial charge in [0.15, 0.2) is 0 Å². The molecule has 0 atom stereocenters. The molecule has 0 aliphatic rings. The van der Waals surface area contributed by atoms with Crippen molar-refractivity contribution in [2.75, 3.05) is 145 Å². The smallest absolute Gasteiger partial charge is 0.119 e. The van der Waals surface area contributed by atoms with Crippen molar-refractivity contribution < 1.29 is 57.2 Å². The summed E-state index contributed by atoms with van der Waals surface area (Å²) in [4.78, 5) is 0. The van der Waals surface area contributed by atoms with Crippen LogP contribution < -0.4 is 4.74 Å². The van der Waals surface area contributed by atoms with Gasteiger partial charge in [-0.05, 0) is 12.1 Å². The number of aliphatic hydroxyl groups excluding tert-OH is 1.